The predicted molar refractivity (Wildman–Crippen MR) is 52.8 cm³/mol. The van der Waals surface area contributed by atoms with E-state index in [1.54, 1.807) is 0 Å². The molecule has 0 saturated heterocycles. The van der Waals surface area contributed by atoms with E-state index in [2.05, 4.69) is 34.5 Å². The van der Waals surface area contributed by atoms with Crippen LogP contribution in [0.3, 0.4) is 0 Å². The quantitative estimate of drug-likeness (QED) is 0.711. The first-order valence-electron chi connectivity index (χ1n) is 4.36. The molecule has 1 aromatic heterocycles. The maximum absolute atomic E-state index is 4.08. The van der Waals surface area contributed by atoms with Gasteiger partial charge in [-0.15, -0.1) is 10.2 Å². The monoisotopic (exact) mass is 183 g/mol. The maximum Gasteiger partial charge on any atom is 0.224 e. The van der Waals surface area contributed by atoms with E-state index in [4.69, 9.17) is 0 Å². The molecule has 1 rings (SSSR count). The highest BCUT2D eigenvalue weighted by molar-refractivity contribution is 5.23. The van der Waals surface area contributed by atoms with Crippen LogP contribution >= 0.6 is 0 Å². The maximum atomic E-state index is 4.08. The summed E-state index contributed by atoms with van der Waals surface area (Å²) in [6.07, 6.45) is 0.929. The molecule has 0 spiro atoms. The van der Waals surface area contributed by atoms with Gasteiger partial charge in [-0.3, -0.25) is 0 Å². The van der Waals surface area contributed by atoms with Gasteiger partial charge in [-0.25, -0.2) is 0 Å². The molecular weight excluding hydrogens is 166 g/mol. The van der Waals surface area contributed by atoms with Gasteiger partial charge in [0.25, 0.3) is 0 Å². The van der Waals surface area contributed by atoms with Gasteiger partial charge in [-0.1, -0.05) is 0 Å². The molecule has 0 bridgehead atoms. The number of nitrogens with one attached hydrogen (secondary N) is 1. The number of nitrogens with zero attached hydrogens (tertiary/aromatic N) is 4. The van der Waals surface area contributed by atoms with Crippen molar-refractivity contribution in [3.8, 4) is 0 Å². The van der Waals surface area contributed by atoms with Gasteiger partial charge in [0, 0.05) is 27.1 Å². The molecule has 0 aromatic carbocycles. The van der Waals surface area contributed by atoms with Gasteiger partial charge in [0.2, 0.25) is 5.95 Å². The second-order valence-corrected chi connectivity index (χ2v) is 3.30. The zero-order valence-electron chi connectivity index (χ0n) is 8.70. The van der Waals surface area contributed by atoms with Crippen molar-refractivity contribution in [1.82, 2.24) is 19.7 Å². The first kappa shape index (κ1) is 9.98. The zero-order valence-corrected chi connectivity index (χ0v) is 8.70. The standard InChI is InChI=1S/C8H17N5/c1-9-8-11-10-7(13(8)4)5-6-12(2)3/h5-6H2,1-4H3,(H,9,11). The molecule has 0 aliphatic rings. The fourth-order valence-electron chi connectivity index (χ4n) is 1.12. The van der Waals surface area contributed by atoms with E-state index in [9.17, 15) is 0 Å². The van der Waals surface area contributed by atoms with E-state index in [1.165, 1.54) is 0 Å². The molecule has 0 unspecified atom stereocenters. The van der Waals surface area contributed by atoms with Crippen LogP contribution in [0.1, 0.15) is 5.82 Å². The predicted octanol–water partition coefficient (Wildman–Crippen LogP) is -0.0391. The largest absolute Gasteiger partial charge is 0.357 e. The third kappa shape index (κ3) is 2.42. The Morgan fingerprint density at radius 2 is 2.08 bits per heavy atom. The van der Waals surface area contributed by atoms with Crippen LogP contribution in [-0.4, -0.2) is 47.4 Å². The van der Waals surface area contributed by atoms with Crippen molar-refractivity contribution in [3.63, 3.8) is 0 Å². The van der Waals surface area contributed by atoms with Crippen LogP contribution in [0.4, 0.5) is 5.95 Å². The molecule has 0 radical (unpaired) electrons. The minimum absolute atomic E-state index is 0.814. The van der Waals surface area contributed by atoms with Crippen molar-refractivity contribution in [3.05, 3.63) is 5.82 Å². The number of hydrogen-bond acceptors (Lipinski definition) is 4. The third-order valence-corrected chi connectivity index (χ3v) is 1.97. The normalized spacial score (nSPS) is 10.8. The first-order chi connectivity index (χ1) is 6.15. The van der Waals surface area contributed by atoms with Gasteiger partial charge in [-0.2, -0.15) is 0 Å². The molecule has 5 nitrogen and oxygen atoms in total. The summed E-state index contributed by atoms with van der Waals surface area (Å²) >= 11 is 0. The average Bonchev–Trinajstić information content (AvgIpc) is 2.43. The second-order valence-electron chi connectivity index (χ2n) is 3.30. The Hall–Kier alpha value is -1.10. The Bertz CT molecular complexity index is 265. The second kappa shape index (κ2) is 4.23. The minimum Gasteiger partial charge on any atom is -0.357 e. The SMILES string of the molecule is CNc1nnc(CCN(C)C)n1C. The third-order valence-electron chi connectivity index (χ3n) is 1.97. The van der Waals surface area contributed by atoms with Crippen LogP contribution in [0.25, 0.3) is 0 Å². The summed E-state index contributed by atoms with van der Waals surface area (Å²) in [5, 5.41) is 11.1. The van der Waals surface area contributed by atoms with Crippen molar-refractivity contribution >= 4 is 5.95 Å². The summed E-state index contributed by atoms with van der Waals surface area (Å²) in [5.41, 5.74) is 0. The molecule has 1 aromatic rings. The molecule has 1 N–H and O–H groups in total. The van der Waals surface area contributed by atoms with E-state index in [0.717, 1.165) is 24.7 Å². The highest BCUT2D eigenvalue weighted by Gasteiger charge is 2.06. The Morgan fingerprint density at radius 1 is 1.38 bits per heavy atom. The van der Waals surface area contributed by atoms with Gasteiger partial charge in [0.05, 0.1) is 0 Å². The number of anilines is 1. The summed E-state index contributed by atoms with van der Waals surface area (Å²) in [6, 6.07) is 0. The van der Waals surface area contributed by atoms with E-state index in [1.807, 2.05) is 18.7 Å². The van der Waals surface area contributed by atoms with E-state index >= 15 is 0 Å². The molecule has 74 valence electrons. The van der Waals surface area contributed by atoms with Crippen molar-refractivity contribution in [2.24, 2.45) is 7.05 Å². The van der Waals surface area contributed by atoms with Gasteiger partial charge in [0.15, 0.2) is 0 Å². The summed E-state index contributed by atoms with van der Waals surface area (Å²) < 4.78 is 1.98. The van der Waals surface area contributed by atoms with E-state index < -0.39 is 0 Å². The summed E-state index contributed by atoms with van der Waals surface area (Å²) in [7, 11) is 7.92. The lowest BCUT2D eigenvalue weighted by molar-refractivity contribution is 0.407. The Kier molecular flexibility index (Phi) is 3.25. The lowest BCUT2D eigenvalue weighted by Crippen LogP contribution is -2.17. The topological polar surface area (TPSA) is 46.0 Å². The molecule has 0 atom stereocenters. The summed E-state index contributed by atoms with van der Waals surface area (Å²) in [6.45, 7) is 0.996. The lowest BCUT2D eigenvalue weighted by Gasteiger charge is -2.08. The van der Waals surface area contributed by atoms with Crippen LogP contribution < -0.4 is 5.32 Å². The molecule has 0 aliphatic carbocycles. The van der Waals surface area contributed by atoms with Crippen LogP contribution in [0.5, 0.6) is 0 Å². The molecule has 1 heterocycles. The smallest absolute Gasteiger partial charge is 0.224 e. The number of hydrogen-bond donors (Lipinski definition) is 1. The molecule has 5 heteroatoms. The van der Waals surface area contributed by atoms with Crippen molar-refractivity contribution in [1.29, 1.82) is 0 Å². The fraction of sp³-hybridized carbons (Fsp3) is 0.750. The zero-order chi connectivity index (χ0) is 9.84. The van der Waals surface area contributed by atoms with Crippen molar-refractivity contribution in [2.75, 3.05) is 33.0 Å². The van der Waals surface area contributed by atoms with E-state index in [-0.39, 0.29) is 0 Å². The Labute approximate surface area is 78.8 Å². The lowest BCUT2D eigenvalue weighted by atomic mass is 10.4. The van der Waals surface area contributed by atoms with Gasteiger partial charge >= 0.3 is 0 Å². The molecule has 0 fully saturated rings. The molecular formula is C8H17N5. The van der Waals surface area contributed by atoms with E-state index in [0.29, 0.717) is 0 Å². The Balaban J connectivity index is 2.62. The van der Waals surface area contributed by atoms with Gasteiger partial charge in [0.1, 0.15) is 5.82 Å². The van der Waals surface area contributed by atoms with Crippen LogP contribution in [0, 0.1) is 0 Å². The van der Waals surface area contributed by atoms with Crippen LogP contribution in [0.2, 0.25) is 0 Å². The number of aromatic nitrogens is 3. The molecule has 0 amide bonds. The number of likely N-dealkylation sites (N-methyl/N-ethyl adjacent to an activating group) is 1. The summed E-state index contributed by atoms with van der Waals surface area (Å²) in [4.78, 5) is 2.13. The Morgan fingerprint density at radius 3 is 2.54 bits per heavy atom. The van der Waals surface area contributed by atoms with Crippen molar-refractivity contribution < 1.29 is 0 Å². The molecule has 0 aliphatic heterocycles. The fourth-order valence-corrected chi connectivity index (χ4v) is 1.12. The van der Waals surface area contributed by atoms with Gasteiger partial charge < -0.3 is 14.8 Å². The van der Waals surface area contributed by atoms with Crippen LogP contribution in [0.15, 0.2) is 0 Å². The molecule has 0 saturated carbocycles. The summed E-state index contributed by atoms with van der Waals surface area (Å²) in [5.74, 6) is 1.83. The highest BCUT2D eigenvalue weighted by atomic mass is 15.3. The minimum atomic E-state index is 0.814. The molecule has 13 heavy (non-hydrogen) atoms. The number of rotatable bonds is 4. The average molecular weight is 183 g/mol. The first-order valence-corrected chi connectivity index (χ1v) is 4.36. The van der Waals surface area contributed by atoms with Gasteiger partial charge in [-0.05, 0) is 14.1 Å². The van der Waals surface area contributed by atoms with Crippen molar-refractivity contribution in [2.45, 2.75) is 6.42 Å². The highest BCUT2D eigenvalue weighted by Crippen LogP contribution is 2.03. The van der Waals surface area contributed by atoms with Crippen LogP contribution in [-0.2, 0) is 13.5 Å².